The Kier molecular flexibility index (Phi) is 4.79. The molecule has 1 aromatic carbocycles. The summed E-state index contributed by atoms with van der Waals surface area (Å²) in [4.78, 5) is 38.1. The van der Waals surface area contributed by atoms with Crippen molar-refractivity contribution in [1.29, 1.82) is 0 Å². The van der Waals surface area contributed by atoms with Gasteiger partial charge in [-0.2, -0.15) is 0 Å². The molecule has 1 saturated carbocycles. The summed E-state index contributed by atoms with van der Waals surface area (Å²) in [6.07, 6.45) is 4.73. The Labute approximate surface area is 147 Å². The van der Waals surface area contributed by atoms with Crippen LogP contribution >= 0.6 is 0 Å². The molecule has 0 unspecified atom stereocenters. The molecule has 1 fully saturated rings. The molecule has 2 N–H and O–H groups in total. The quantitative estimate of drug-likeness (QED) is 0.878. The van der Waals surface area contributed by atoms with Gasteiger partial charge in [0.2, 0.25) is 5.91 Å². The number of carboxylic acid groups (broad SMARTS) is 1. The standard InChI is InChI=1S/C19H24N2O4/c1-2-16(22)21-11-8-13-12-14(6-7-15(13)21)17(23)20-19(18(24)25)9-4-3-5-10-19/h6-7,12H,2-5,8-11H2,1H3,(H,20,23)(H,24,25). The van der Waals surface area contributed by atoms with E-state index in [-0.39, 0.29) is 11.8 Å². The molecule has 1 aliphatic heterocycles. The van der Waals surface area contributed by atoms with Gasteiger partial charge < -0.3 is 15.3 Å². The summed E-state index contributed by atoms with van der Waals surface area (Å²) in [5, 5.41) is 12.4. The smallest absolute Gasteiger partial charge is 0.329 e. The Balaban J connectivity index is 1.79. The predicted octanol–water partition coefficient (Wildman–Crippen LogP) is 2.50. The number of aliphatic carboxylic acids is 1. The highest BCUT2D eigenvalue weighted by molar-refractivity contribution is 6.00. The fourth-order valence-corrected chi connectivity index (χ4v) is 3.83. The molecule has 0 aromatic heterocycles. The minimum Gasteiger partial charge on any atom is -0.480 e. The Hall–Kier alpha value is -2.37. The zero-order valence-electron chi connectivity index (χ0n) is 14.5. The van der Waals surface area contributed by atoms with E-state index in [1.54, 1.807) is 23.1 Å². The van der Waals surface area contributed by atoms with Crippen LogP contribution in [0.1, 0.15) is 61.4 Å². The highest BCUT2D eigenvalue weighted by Crippen LogP contribution is 2.31. The minimum absolute atomic E-state index is 0.0722. The van der Waals surface area contributed by atoms with Gasteiger partial charge in [-0.05, 0) is 43.0 Å². The van der Waals surface area contributed by atoms with Crippen LogP contribution in [0.15, 0.2) is 18.2 Å². The van der Waals surface area contributed by atoms with E-state index < -0.39 is 11.5 Å². The first-order chi connectivity index (χ1) is 12.0. The van der Waals surface area contributed by atoms with Gasteiger partial charge in [-0.25, -0.2) is 4.79 Å². The fraction of sp³-hybridized carbons (Fsp3) is 0.526. The average molecular weight is 344 g/mol. The van der Waals surface area contributed by atoms with Crippen molar-refractivity contribution in [3.05, 3.63) is 29.3 Å². The van der Waals surface area contributed by atoms with Crippen LogP contribution in [0.3, 0.4) is 0 Å². The van der Waals surface area contributed by atoms with E-state index in [4.69, 9.17) is 0 Å². The summed E-state index contributed by atoms with van der Waals surface area (Å²) in [5.74, 6) is -1.24. The van der Waals surface area contributed by atoms with Crippen LogP contribution in [0.5, 0.6) is 0 Å². The van der Waals surface area contributed by atoms with Crippen LogP contribution in [0.25, 0.3) is 0 Å². The van der Waals surface area contributed by atoms with Crippen molar-refractivity contribution in [3.8, 4) is 0 Å². The maximum atomic E-state index is 12.6. The number of carbonyl (C=O) groups is 3. The minimum atomic E-state index is -1.15. The second-order valence-electron chi connectivity index (χ2n) is 6.89. The topological polar surface area (TPSA) is 86.7 Å². The Morgan fingerprint density at radius 1 is 1.20 bits per heavy atom. The number of carbonyl (C=O) groups excluding carboxylic acids is 2. The summed E-state index contributed by atoms with van der Waals surface area (Å²) >= 11 is 0. The van der Waals surface area contributed by atoms with Gasteiger partial charge in [0, 0.05) is 24.2 Å². The Morgan fingerprint density at radius 3 is 2.56 bits per heavy atom. The molecule has 1 heterocycles. The molecule has 0 spiro atoms. The van der Waals surface area contributed by atoms with Crippen molar-refractivity contribution in [2.24, 2.45) is 0 Å². The number of amides is 2. The zero-order chi connectivity index (χ0) is 18.0. The Morgan fingerprint density at radius 2 is 1.92 bits per heavy atom. The third-order valence-electron chi connectivity index (χ3n) is 5.31. The van der Waals surface area contributed by atoms with Crippen LogP contribution in [0.4, 0.5) is 5.69 Å². The summed E-state index contributed by atoms with van der Waals surface area (Å²) < 4.78 is 0. The molecule has 1 aliphatic carbocycles. The monoisotopic (exact) mass is 344 g/mol. The molecular weight excluding hydrogens is 320 g/mol. The SMILES string of the molecule is CCC(=O)N1CCc2cc(C(=O)NC3(C(=O)O)CCCCC3)ccc21. The first-order valence-electron chi connectivity index (χ1n) is 8.96. The number of hydrogen-bond donors (Lipinski definition) is 2. The number of fused-ring (bicyclic) bond motifs is 1. The van der Waals surface area contributed by atoms with Crippen LogP contribution in [-0.4, -0.2) is 35.0 Å². The lowest BCUT2D eigenvalue weighted by molar-refractivity contribution is -0.145. The number of anilines is 1. The van der Waals surface area contributed by atoms with Crippen LogP contribution in [0.2, 0.25) is 0 Å². The van der Waals surface area contributed by atoms with Crippen molar-refractivity contribution in [2.75, 3.05) is 11.4 Å². The van der Waals surface area contributed by atoms with E-state index in [1.807, 2.05) is 6.92 Å². The average Bonchev–Trinajstić information content (AvgIpc) is 3.04. The molecular formula is C19H24N2O4. The van der Waals surface area contributed by atoms with Gasteiger partial charge in [0.1, 0.15) is 5.54 Å². The number of rotatable bonds is 4. The normalized spacial score (nSPS) is 18.5. The summed E-state index contributed by atoms with van der Waals surface area (Å²) in [6.45, 7) is 2.46. The maximum Gasteiger partial charge on any atom is 0.329 e. The van der Waals surface area contributed by atoms with Gasteiger partial charge >= 0.3 is 5.97 Å². The van der Waals surface area contributed by atoms with E-state index in [9.17, 15) is 19.5 Å². The summed E-state index contributed by atoms with van der Waals surface area (Å²) in [6, 6.07) is 5.25. The van der Waals surface area contributed by atoms with Gasteiger partial charge in [-0.15, -0.1) is 0 Å². The van der Waals surface area contributed by atoms with Crippen molar-refractivity contribution < 1.29 is 19.5 Å². The fourth-order valence-electron chi connectivity index (χ4n) is 3.83. The largest absolute Gasteiger partial charge is 0.480 e. The summed E-state index contributed by atoms with van der Waals surface area (Å²) in [7, 11) is 0. The van der Waals surface area contributed by atoms with Crippen molar-refractivity contribution >= 4 is 23.5 Å². The van der Waals surface area contributed by atoms with Crippen molar-refractivity contribution in [1.82, 2.24) is 5.32 Å². The molecule has 0 bridgehead atoms. The first kappa shape index (κ1) is 17.5. The molecule has 134 valence electrons. The van der Waals surface area contributed by atoms with E-state index in [1.165, 1.54) is 0 Å². The maximum absolute atomic E-state index is 12.6. The second kappa shape index (κ2) is 6.86. The van der Waals surface area contributed by atoms with E-state index in [0.29, 0.717) is 37.8 Å². The van der Waals surface area contributed by atoms with Gasteiger partial charge in [-0.1, -0.05) is 26.2 Å². The van der Waals surface area contributed by atoms with Crippen molar-refractivity contribution in [3.63, 3.8) is 0 Å². The van der Waals surface area contributed by atoms with Crippen LogP contribution in [0, 0.1) is 0 Å². The van der Waals surface area contributed by atoms with E-state index >= 15 is 0 Å². The summed E-state index contributed by atoms with van der Waals surface area (Å²) in [5.41, 5.74) is 1.12. The zero-order valence-corrected chi connectivity index (χ0v) is 14.5. The van der Waals surface area contributed by atoms with Crippen molar-refractivity contribution in [2.45, 2.75) is 57.4 Å². The molecule has 0 radical (unpaired) electrons. The molecule has 0 atom stereocenters. The molecule has 3 rings (SSSR count). The highest BCUT2D eigenvalue weighted by atomic mass is 16.4. The van der Waals surface area contributed by atoms with Gasteiger partial charge in [0.25, 0.3) is 5.91 Å². The third kappa shape index (κ3) is 3.25. The molecule has 6 nitrogen and oxygen atoms in total. The number of nitrogens with zero attached hydrogens (tertiary/aromatic N) is 1. The lowest BCUT2D eigenvalue weighted by atomic mass is 9.81. The third-order valence-corrected chi connectivity index (χ3v) is 5.31. The lowest BCUT2D eigenvalue weighted by Crippen LogP contribution is -2.55. The number of hydrogen-bond acceptors (Lipinski definition) is 3. The molecule has 2 aliphatic rings. The second-order valence-corrected chi connectivity index (χ2v) is 6.89. The molecule has 1 aromatic rings. The van der Waals surface area contributed by atoms with Gasteiger partial charge in [-0.3, -0.25) is 9.59 Å². The molecule has 25 heavy (non-hydrogen) atoms. The molecule has 6 heteroatoms. The number of benzene rings is 1. The van der Waals surface area contributed by atoms with E-state index in [0.717, 1.165) is 30.5 Å². The van der Waals surface area contributed by atoms with Crippen LogP contribution in [-0.2, 0) is 16.0 Å². The van der Waals surface area contributed by atoms with Gasteiger partial charge in [0.15, 0.2) is 0 Å². The highest BCUT2D eigenvalue weighted by Gasteiger charge is 2.41. The number of nitrogens with one attached hydrogen (secondary N) is 1. The predicted molar refractivity (Wildman–Crippen MR) is 93.7 cm³/mol. The van der Waals surface area contributed by atoms with E-state index in [2.05, 4.69) is 5.32 Å². The molecule has 2 amide bonds. The van der Waals surface area contributed by atoms with Crippen LogP contribution < -0.4 is 10.2 Å². The first-order valence-corrected chi connectivity index (χ1v) is 8.96. The number of carboxylic acids is 1. The lowest BCUT2D eigenvalue weighted by Gasteiger charge is -2.34. The Bertz CT molecular complexity index is 707. The molecule has 0 saturated heterocycles. The van der Waals surface area contributed by atoms with Gasteiger partial charge in [0.05, 0.1) is 0 Å².